The molecule has 0 radical (unpaired) electrons. The van der Waals surface area contributed by atoms with E-state index < -0.39 is 20.0 Å². The quantitative estimate of drug-likeness (QED) is 0.0245. The fraction of sp³-hybridized carbons (Fsp3) is 0.596. The molecule has 0 rings (SSSR count). The molecule has 0 aromatic rings. The minimum atomic E-state index is -4.36. The average molecular weight is 868 g/mol. The fourth-order valence-corrected chi connectivity index (χ4v) is 6.45. The summed E-state index contributed by atoms with van der Waals surface area (Å²) in [5.41, 5.74) is 0. The van der Waals surface area contributed by atoms with Gasteiger partial charge in [0.2, 0.25) is 5.91 Å². The maximum Gasteiger partial charge on any atom is 0.472 e. The van der Waals surface area contributed by atoms with E-state index in [4.69, 9.17) is 9.05 Å². The Morgan fingerprint density at radius 1 is 0.574 bits per heavy atom. The van der Waals surface area contributed by atoms with Gasteiger partial charge in [0, 0.05) is 6.42 Å². The van der Waals surface area contributed by atoms with Gasteiger partial charge >= 0.3 is 7.82 Å². The Morgan fingerprint density at radius 3 is 1.49 bits per heavy atom. The van der Waals surface area contributed by atoms with Crippen molar-refractivity contribution in [2.75, 3.05) is 40.9 Å². The third-order valence-corrected chi connectivity index (χ3v) is 10.4. The Bertz CT molecular complexity index is 1400. The topological polar surface area (TPSA) is 105 Å². The number of phosphoric ester groups is 1. The summed E-state index contributed by atoms with van der Waals surface area (Å²) in [5.74, 6) is -0.221. The molecule has 346 valence electrons. The molecule has 3 atom stereocenters. The summed E-state index contributed by atoms with van der Waals surface area (Å²) >= 11 is 0. The van der Waals surface area contributed by atoms with Gasteiger partial charge in [0.1, 0.15) is 13.2 Å². The molecule has 0 aliphatic carbocycles. The highest BCUT2D eigenvalue weighted by Crippen LogP contribution is 2.43. The third-order valence-electron chi connectivity index (χ3n) is 9.42. The molecule has 0 heterocycles. The molecule has 0 aromatic carbocycles. The first-order chi connectivity index (χ1) is 29.5. The average Bonchev–Trinajstić information content (AvgIpc) is 3.21. The van der Waals surface area contributed by atoms with Crippen LogP contribution in [0.2, 0.25) is 0 Å². The van der Waals surface area contributed by atoms with Crippen molar-refractivity contribution in [3.8, 4) is 0 Å². The van der Waals surface area contributed by atoms with Gasteiger partial charge in [0.05, 0.1) is 39.9 Å². The standard InChI is InChI=1S/C52H87N2O6P/c1-6-8-10-12-14-16-18-19-20-21-22-23-24-25-26-27-28-29-30-31-32-33-34-35-36-38-40-42-44-46-52(56)53-50(49-60-61(57,58)59-48-47-54(3,4)5)51(55)45-43-41-39-37-17-15-13-11-9-7-2/h8,10,14,16-17,19-20,22-23,25-26,28-29,31-32,34-35,37,43,45,50-51,55H,6-7,9,11-13,15,18,21,24,27,30,33,36,38-42,44,46-49H2,1-5H3,(H-,53,56,57,58)/p+1/b10-8-,16-14-,20-19-,23-22-,26-25-,29-28-,32-31-,35-34-,37-17+,45-43+. The number of likely N-dealkylation sites (N-methyl/N-ethyl adjacent to an activating group) is 1. The summed E-state index contributed by atoms with van der Waals surface area (Å²) in [4.78, 5) is 23.1. The highest BCUT2D eigenvalue weighted by molar-refractivity contribution is 7.47. The first-order valence-corrected chi connectivity index (χ1v) is 24.9. The number of aliphatic hydroxyl groups is 1. The number of quaternary nitrogens is 1. The van der Waals surface area contributed by atoms with E-state index in [1.807, 2.05) is 27.2 Å². The minimum Gasteiger partial charge on any atom is -0.387 e. The van der Waals surface area contributed by atoms with Gasteiger partial charge in [-0.1, -0.05) is 167 Å². The zero-order chi connectivity index (χ0) is 45.0. The lowest BCUT2D eigenvalue weighted by Gasteiger charge is -2.25. The van der Waals surface area contributed by atoms with E-state index in [2.05, 4.69) is 129 Å². The number of phosphoric acid groups is 1. The first-order valence-electron chi connectivity index (χ1n) is 23.4. The largest absolute Gasteiger partial charge is 0.472 e. The normalized spacial score (nSPS) is 15.3. The van der Waals surface area contributed by atoms with Crippen LogP contribution in [0, 0.1) is 0 Å². The van der Waals surface area contributed by atoms with Gasteiger partial charge in [-0.2, -0.15) is 0 Å². The molecular formula is C52H88N2O6P+. The lowest BCUT2D eigenvalue weighted by atomic mass is 10.1. The van der Waals surface area contributed by atoms with Gasteiger partial charge in [-0.3, -0.25) is 13.8 Å². The van der Waals surface area contributed by atoms with Crippen LogP contribution in [0.5, 0.6) is 0 Å². The molecule has 0 spiro atoms. The van der Waals surface area contributed by atoms with Crippen molar-refractivity contribution in [3.63, 3.8) is 0 Å². The van der Waals surface area contributed by atoms with Gasteiger partial charge < -0.3 is 19.8 Å². The van der Waals surface area contributed by atoms with Crippen LogP contribution in [0.25, 0.3) is 0 Å². The van der Waals surface area contributed by atoms with Crippen molar-refractivity contribution >= 4 is 13.7 Å². The van der Waals surface area contributed by atoms with Crippen molar-refractivity contribution in [3.05, 3.63) is 122 Å². The Hall–Kier alpha value is -3.10. The lowest BCUT2D eigenvalue weighted by Crippen LogP contribution is -2.45. The Kier molecular flexibility index (Phi) is 40.1. The molecule has 0 aliphatic rings. The number of rotatable bonds is 40. The van der Waals surface area contributed by atoms with Crippen LogP contribution in [0.1, 0.15) is 149 Å². The number of carbonyl (C=O) groups is 1. The van der Waals surface area contributed by atoms with E-state index in [0.29, 0.717) is 17.4 Å². The summed E-state index contributed by atoms with van der Waals surface area (Å²) < 4.78 is 23.5. The summed E-state index contributed by atoms with van der Waals surface area (Å²) in [5, 5.41) is 13.7. The van der Waals surface area contributed by atoms with E-state index >= 15 is 0 Å². The number of hydrogen-bond donors (Lipinski definition) is 3. The van der Waals surface area contributed by atoms with Crippen molar-refractivity contribution in [1.29, 1.82) is 0 Å². The van der Waals surface area contributed by atoms with Gasteiger partial charge in [0.15, 0.2) is 0 Å². The monoisotopic (exact) mass is 868 g/mol. The molecular weight excluding hydrogens is 780 g/mol. The number of hydrogen-bond acceptors (Lipinski definition) is 5. The number of nitrogens with one attached hydrogen (secondary N) is 1. The van der Waals surface area contributed by atoms with Crippen LogP contribution >= 0.6 is 7.82 Å². The van der Waals surface area contributed by atoms with E-state index in [9.17, 15) is 19.4 Å². The zero-order valence-electron chi connectivity index (χ0n) is 39.1. The van der Waals surface area contributed by atoms with Crippen LogP contribution in [0.4, 0.5) is 0 Å². The number of nitrogens with zero attached hydrogens (tertiary/aromatic N) is 1. The molecule has 0 saturated heterocycles. The Morgan fingerprint density at radius 2 is 1.00 bits per heavy atom. The number of carbonyl (C=O) groups excluding carboxylic acids is 1. The molecule has 0 saturated carbocycles. The van der Waals surface area contributed by atoms with Gasteiger partial charge in [-0.05, 0) is 96.3 Å². The minimum absolute atomic E-state index is 0.0431. The SMILES string of the molecule is CC/C=C\C/C=C\C/C=C\C/C=C\C/C=C\C/C=C\C/C=C\C/C=C\CCCCCCC(=O)NC(COP(=O)(O)OCC[N+](C)(C)C)C(O)/C=C/CC/C=C/CCCCCC. The summed E-state index contributed by atoms with van der Waals surface area (Å²) in [6, 6.07) is -0.884. The number of aliphatic hydroxyl groups excluding tert-OH is 1. The molecule has 0 fully saturated rings. The molecule has 0 bridgehead atoms. The van der Waals surface area contributed by atoms with Crippen molar-refractivity contribution < 1.29 is 32.9 Å². The summed E-state index contributed by atoms with van der Waals surface area (Å²) in [7, 11) is 1.51. The maximum atomic E-state index is 12.9. The first kappa shape index (κ1) is 57.9. The van der Waals surface area contributed by atoms with Crippen LogP contribution in [-0.4, -0.2) is 73.4 Å². The number of unbranched alkanes of at least 4 members (excludes halogenated alkanes) is 9. The summed E-state index contributed by atoms with van der Waals surface area (Å²) in [6.45, 7) is 4.58. The van der Waals surface area contributed by atoms with Gasteiger partial charge in [-0.15, -0.1) is 0 Å². The second-order valence-corrected chi connectivity index (χ2v) is 17.8. The molecule has 3 N–H and O–H groups in total. The van der Waals surface area contributed by atoms with Gasteiger partial charge in [-0.25, -0.2) is 4.57 Å². The molecule has 0 aromatic heterocycles. The maximum absolute atomic E-state index is 12.9. The number of amides is 1. The Labute approximate surface area is 374 Å². The van der Waals surface area contributed by atoms with E-state index in [1.165, 1.54) is 25.7 Å². The lowest BCUT2D eigenvalue weighted by molar-refractivity contribution is -0.870. The second kappa shape index (κ2) is 42.2. The molecule has 1 amide bonds. The van der Waals surface area contributed by atoms with Crippen LogP contribution in [0.15, 0.2) is 122 Å². The molecule has 0 aliphatic heterocycles. The van der Waals surface area contributed by atoms with E-state index in [-0.39, 0.29) is 19.1 Å². The van der Waals surface area contributed by atoms with Crippen LogP contribution in [0.3, 0.4) is 0 Å². The van der Waals surface area contributed by atoms with Crippen LogP contribution in [-0.2, 0) is 18.4 Å². The fourth-order valence-electron chi connectivity index (χ4n) is 5.72. The highest BCUT2D eigenvalue weighted by Gasteiger charge is 2.27. The predicted molar refractivity (Wildman–Crippen MR) is 262 cm³/mol. The second-order valence-electron chi connectivity index (χ2n) is 16.4. The number of allylic oxidation sites excluding steroid dienone is 19. The van der Waals surface area contributed by atoms with Crippen molar-refractivity contribution in [1.82, 2.24) is 5.32 Å². The molecule has 9 heteroatoms. The predicted octanol–water partition coefficient (Wildman–Crippen LogP) is 13.5. The Balaban J connectivity index is 4.35. The van der Waals surface area contributed by atoms with Crippen LogP contribution < -0.4 is 5.32 Å². The zero-order valence-corrected chi connectivity index (χ0v) is 40.0. The van der Waals surface area contributed by atoms with E-state index in [0.717, 1.165) is 103 Å². The van der Waals surface area contributed by atoms with E-state index in [1.54, 1.807) is 6.08 Å². The highest BCUT2D eigenvalue weighted by atomic mass is 31.2. The summed E-state index contributed by atoms with van der Waals surface area (Å²) in [6.07, 6.45) is 62.9. The molecule has 61 heavy (non-hydrogen) atoms. The smallest absolute Gasteiger partial charge is 0.387 e. The molecule has 3 unspecified atom stereocenters. The third kappa shape index (κ3) is 44.8. The van der Waals surface area contributed by atoms with Gasteiger partial charge in [0.25, 0.3) is 0 Å². The molecule has 8 nitrogen and oxygen atoms in total. The van der Waals surface area contributed by atoms with Crippen molar-refractivity contribution in [2.45, 2.75) is 161 Å². The van der Waals surface area contributed by atoms with Crippen molar-refractivity contribution in [2.24, 2.45) is 0 Å².